The van der Waals surface area contributed by atoms with Crippen LogP contribution in [0.1, 0.15) is 55.8 Å². The summed E-state index contributed by atoms with van der Waals surface area (Å²) in [6.45, 7) is 1.88. The highest BCUT2D eigenvalue weighted by Gasteiger charge is 2.23. The monoisotopic (exact) mass is 224 g/mol. The third kappa shape index (κ3) is 2.10. The minimum atomic E-state index is -0.414. The first-order valence-electron chi connectivity index (χ1n) is 6.02. The van der Waals surface area contributed by atoms with Crippen LogP contribution < -0.4 is 5.73 Å². The van der Waals surface area contributed by atoms with Gasteiger partial charge in [0.05, 0.1) is 12.6 Å². The van der Waals surface area contributed by atoms with E-state index in [0.29, 0.717) is 6.04 Å². The van der Waals surface area contributed by atoms with Crippen molar-refractivity contribution in [3.05, 3.63) is 11.6 Å². The molecule has 0 aromatic carbocycles. The van der Waals surface area contributed by atoms with Crippen LogP contribution in [-0.4, -0.2) is 26.5 Å². The largest absolute Gasteiger partial charge is 0.394 e. The fourth-order valence-electron chi connectivity index (χ4n) is 2.51. The van der Waals surface area contributed by atoms with E-state index in [1.54, 1.807) is 0 Å². The van der Waals surface area contributed by atoms with Crippen LogP contribution in [0.25, 0.3) is 0 Å². The number of rotatable bonds is 3. The summed E-state index contributed by atoms with van der Waals surface area (Å²) < 4.78 is 2.13. The summed E-state index contributed by atoms with van der Waals surface area (Å²) in [7, 11) is 0. The third-order valence-electron chi connectivity index (χ3n) is 3.36. The highest BCUT2D eigenvalue weighted by molar-refractivity contribution is 5.02. The van der Waals surface area contributed by atoms with Gasteiger partial charge in [0.25, 0.3) is 0 Å². The quantitative estimate of drug-likeness (QED) is 0.805. The Morgan fingerprint density at radius 3 is 2.69 bits per heavy atom. The van der Waals surface area contributed by atoms with Crippen molar-refractivity contribution in [2.24, 2.45) is 5.73 Å². The minimum absolute atomic E-state index is 0.0785. The molecule has 1 aliphatic carbocycles. The Balaban J connectivity index is 2.26. The van der Waals surface area contributed by atoms with Gasteiger partial charge >= 0.3 is 0 Å². The van der Waals surface area contributed by atoms with Crippen molar-refractivity contribution >= 4 is 0 Å². The molecule has 1 aromatic heterocycles. The molecule has 1 atom stereocenters. The Labute approximate surface area is 95.7 Å². The Bertz CT molecular complexity index is 344. The lowest BCUT2D eigenvalue weighted by molar-refractivity contribution is 0.253. The second-order valence-corrected chi connectivity index (χ2v) is 4.56. The standard InChI is InChI=1S/C11H20N4O/c1-8-13-14-11(10(12)7-16)15(8)9-5-3-2-4-6-9/h9-10,16H,2-7,12H2,1H3/t10-/m0/s1. The summed E-state index contributed by atoms with van der Waals surface area (Å²) in [6, 6.07) is 0.0551. The lowest BCUT2D eigenvalue weighted by Crippen LogP contribution is -2.24. The highest BCUT2D eigenvalue weighted by atomic mass is 16.3. The first kappa shape index (κ1) is 11.5. The summed E-state index contributed by atoms with van der Waals surface area (Å²) >= 11 is 0. The topological polar surface area (TPSA) is 77.0 Å². The molecule has 1 aromatic rings. The molecule has 5 nitrogen and oxygen atoms in total. The van der Waals surface area contributed by atoms with E-state index in [0.717, 1.165) is 11.6 Å². The molecular formula is C11H20N4O. The zero-order valence-electron chi connectivity index (χ0n) is 9.76. The maximum atomic E-state index is 9.11. The SMILES string of the molecule is Cc1nnc([C@@H](N)CO)n1C1CCCCC1. The molecule has 5 heteroatoms. The molecule has 90 valence electrons. The lowest BCUT2D eigenvalue weighted by Gasteiger charge is -2.26. The molecule has 0 aliphatic heterocycles. The van der Waals surface area contributed by atoms with Crippen LogP contribution in [0.15, 0.2) is 0 Å². The summed E-state index contributed by atoms with van der Waals surface area (Å²) in [5, 5.41) is 17.3. The van der Waals surface area contributed by atoms with Crippen LogP contribution in [0.4, 0.5) is 0 Å². The molecule has 16 heavy (non-hydrogen) atoms. The van der Waals surface area contributed by atoms with Gasteiger partial charge in [0, 0.05) is 6.04 Å². The van der Waals surface area contributed by atoms with Gasteiger partial charge in [-0.05, 0) is 19.8 Å². The fraction of sp³-hybridized carbons (Fsp3) is 0.818. The zero-order valence-corrected chi connectivity index (χ0v) is 9.76. The molecule has 0 bridgehead atoms. The van der Waals surface area contributed by atoms with Crippen molar-refractivity contribution < 1.29 is 5.11 Å². The Kier molecular flexibility index (Phi) is 3.56. The zero-order chi connectivity index (χ0) is 11.5. The Morgan fingerprint density at radius 1 is 1.38 bits per heavy atom. The lowest BCUT2D eigenvalue weighted by atomic mass is 9.95. The normalized spacial score (nSPS) is 19.9. The van der Waals surface area contributed by atoms with Crippen LogP contribution >= 0.6 is 0 Å². The Hall–Kier alpha value is -0.940. The molecule has 3 N–H and O–H groups in total. The number of aliphatic hydroxyl groups is 1. The van der Waals surface area contributed by atoms with Crippen LogP contribution in [0.5, 0.6) is 0 Å². The van der Waals surface area contributed by atoms with Crippen molar-refractivity contribution in [2.45, 2.75) is 51.1 Å². The van der Waals surface area contributed by atoms with Gasteiger partial charge in [0.15, 0.2) is 5.82 Å². The van der Waals surface area contributed by atoms with E-state index >= 15 is 0 Å². The van der Waals surface area contributed by atoms with Gasteiger partial charge in [-0.15, -0.1) is 10.2 Å². The van der Waals surface area contributed by atoms with E-state index < -0.39 is 6.04 Å². The molecule has 0 amide bonds. The van der Waals surface area contributed by atoms with Crippen LogP contribution in [0.3, 0.4) is 0 Å². The van der Waals surface area contributed by atoms with Gasteiger partial charge in [-0.2, -0.15) is 0 Å². The minimum Gasteiger partial charge on any atom is -0.394 e. The first-order chi connectivity index (χ1) is 7.74. The number of aliphatic hydroxyl groups excluding tert-OH is 1. The van der Waals surface area contributed by atoms with Crippen LogP contribution in [0.2, 0.25) is 0 Å². The molecule has 0 unspecified atom stereocenters. The average Bonchev–Trinajstić information content (AvgIpc) is 2.71. The summed E-state index contributed by atoms with van der Waals surface area (Å²) in [5.41, 5.74) is 5.84. The van der Waals surface area contributed by atoms with E-state index in [1.165, 1.54) is 32.1 Å². The fourth-order valence-corrected chi connectivity index (χ4v) is 2.51. The predicted octanol–water partition coefficient (Wildman–Crippen LogP) is 1.08. The summed E-state index contributed by atoms with van der Waals surface area (Å²) in [5.74, 6) is 1.64. The summed E-state index contributed by atoms with van der Waals surface area (Å²) in [4.78, 5) is 0. The molecule has 0 radical (unpaired) electrons. The maximum Gasteiger partial charge on any atom is 0.152 e. The van der Waals surface area contributed by atoms with Crippen molar-refractivity contribution in [1.82, 2.24) is 14.8 Å². The molecule has 2 rings (SSSR count). The van der Waals surface area contributed by atoms with Crippen LogP contribution in [-0.2, 0) is 0 Å². The second kappa shape index (κ2) is 4.93. The highest BCUT2D eigenvalue weighted by Crippen LogP contribution is 2.30. The van der Waals surface area contributed by atoms with Gasteiger partial charge in [0.2, 0.25) is 0 Å². The van der Waals surface area contributed by atoms with Gasteiger partial charge in [-0.25, -0.2) is 0 Å². The molecular weight excluding hydrogens is 204 g/mol. The van der Waals surface area contributed by atoms with Crippen molar-refractivity contribution in [1.29, 1.82) is 0 Å². The second-order valence-electron chi connectivity index (χ2n) is 4.56. The molecule has 0 saturated heterocycles. The Morgan fingerprint density at radius 2 is 2.06 bits per heavy atom. The van der Waals surface area contributed by atoms with Gasteiger partial charge in [-0.1, -0.05) is 19.3 Å². The van der Waals surface area contributed by atoms with Gasteiger partial charge in [-0.3, -0.25) is 0 Å². The number of nitrogens with two attached hydrogens (primary N) is 1. The van der Waals surface area contributed by atoms with E-state index in [1.807, 2.05) is 6.92 Å². The maximum absolute atomic E-state index is 9.11. The average molecular weight is 224 g/mol. The van der Waals surface area contributed by atoms with Gasteiger partial charge < -0.3 is 15.4 Å². The molecule has 1 saturated carbocycles. The van der Waals surface area contributed by atoms with E-state index in [9.17, 15) is 0 Å². The van der Waals surface area contributed by atoms with Crippen molar-refractivity contribution in [3.63, 3.8) is 0 Å². The molecule has 1 aliphatic rings. The number of hydrogen-bond acceptors (Lipinski definition) is 4. The molecule has 1 fully saturated rings. The van der Waals surface area contributed by atoms with Crippen LogP contribution in [0, 0.1) is 6.92 Å². The summed E-state index contributed by atoms with van der Waals surface area (Å²) in [6.07, 6.45) is 6.18. The smallest absolute Gasteiger partial charge is 0.152 e. The van der Waals surface area contributed by atoms with Crippen molar-refractivity contribution in [3.8, 4) is 0 Å². The first-order valence-corrected chi connectivity index (χ1v) is 6.02. The number of hydrogen-bond donors (Lipinski definition) is 2. The number of nitrogens with zero attached hydrogens (tertiary/aromatic N) is 3. The predicted molar refractivity (Wildman–Crippen MR) is 60.9 cm³/mol. The van der Waals surface area contributed by atoms with Crippen molar-refractivity contribution in [2.75, 3.05) is 6.61 Å². The van der Waals surface area contributed by atoms with E-state index in [4.69, 9.17) is 10.8 Å². The van der Waals surface area contributed by atoms with E-state index in [2.05, 4.69) is 14.8 Å². The third-order valence-corrected chi connectivity index (χ3v) is 3.36. The van der Waals surface area contributed by atoms with Gasteiger partial charge in [0.1, 0.15) is 5.82 Å². The van der Waals surface area contributed by atoms with E-state index in [-0.39, 0.29) is 6.61 Å². The number of aromatic nitrogens is 3. The molecule has 1 heterocycles. The number of aryl methyl sites for hydroxylation is 1. The molecule has 0 spiro atoms.